The summed E-state index contributed by atoms with van der Waals surface area (Å²) in [6.45, 7) is 0. The lowest BCUT2D eigenvalue weighted by molar-refractivity contribution is 1.13. The maximum absolute atomic E-state index is 4.73. The van der Waals surface area contributed by atoms with E-state index in [1.54, 1.807) is 0 Å². The van der Waals surface area contributed by atoms with Crippen molar-refractivity contribution in [2.45, 2.75) is 0 Å². The van der Waals surface area contributed by atoms with E-state index < -0.39 is 0 Å². The average molecular weight is 499 g/mol. The predicted octanol–water partition coefficient (Wildman–Crippen LogP) is 9.06. The number of anilines is 3. The molecule has 182 valence electrons. The molecule has 5 aromatic carbocycles. The molecule has 0 atom stereocenters. The Balaban J connectivity index is 1.30. The molecule has 0 aliphatic heterocycles. The zero-order chi connectivity index (χ0) is 25.8. The van der Waals surface area contributed by atoms with Gasteiger partial charge in [-0.25, -0.2) is 9.97 Å². The highest BCUT2D eigenvalue weighted by Gasteiger charge is 2.17. The van der Waals surface area contributed by atoms with E-state index in [9.17, 15) is 0 Å². The van der Waals surface area contributed by atoms with Crippen molar-refractivity contribution in [3.8, 4) is 11.1 Å². The first-order valence-electron chi connectivity index (χ1n) is 13.0. The predicted molar refractivity (Wildman–Crippen MR) is 161 cm³/mol. The number of hydrogen-bond donors (Lipinski definition) is 0. The van der Waals surface area contributed by atoms with Gasteiger partial charge in [-0.05, 0) is 86.6 Å². The number of pyridine rings is 3. The van der Waals surface area contributed by atoms with Gasteiger partial charge in [0.05, 0.1) is 5.52 Å². The molecule has 0 fully saturated rings. The standard InChI is InChI=1S/C35H22N4/c1-3-19-36-31(7-1)39(32-8-2-4-20-37-32)27-14-11-23(12-15-27)28-16-13-24-9-10-25-22-26-6-5-21-38-35(26)30-18-17-29(28)33(24)34(25)30/h1-22H. The number of fused-ring (bicyclic) bond motifs is 2. The molecule has 3 aromatic heterocycles. The Kier molecular flexibility index (Phi) is 4.79. The fourth-order valence-corrected chi connectivity index (χ4v) is 5.81. The first-order valence-corrected chi connectivity index (χ1v) is 13.0. The first-order chi connectivity index (χ1) is 19.3. The number of benzene rings is 5. The molecule has 0 spiro atoms. The summed E-state index contributed by atoms with van der Waals surface area (Å²) in [5.74, 6) is 1.65. The molecule has 0 bridgehead atoms. The summed E-state index contributed by atoms with van der Waals surface area (Å²) >= 11 is 0. The Bertz CT molecular complexity index is 2060. The van der Waals surface area contributed by atoms with Gasteiger partial charge in [0.1, 0.15) is 11.6 Å². The largest absolute Gasteiger partial charge is 0.279 e. The van der Waals surface area contributed by atoms with Crippen molar-refractivity contribution in [2.75, 3.05) is 4.90 Å². The lowest BCUT2D eigenvalue weighted by Crippen LogP contribution is -2.12. The molecule has 8 aromatic rings. The second kappa shape index (κ2) is 8.61. The zero-order valence-corrected chi connectivity index (χ0v) is 21.0. The van der Waals surface area contributed by atoms with Crippen LogP contribution in [-0.2, 0) is 0 Å². The fraction of sp³-hybridized carbons (Fsp3) is 0. The van der Waals surface area contributed by atoms with E-state index in [4.69, 9.17) is 4.98 Å². The maximum Gasteiger partial charge on any atom is 0.138 e. The van der Waals surface area contributed by atoms with Crippen molar-refractivity contribution in [2.24, 2.45) is 0 Å². The molecule has 0 aliphatic carbocycles. The van der Waals surface area contributed by atoms with E-state index in [1.807, 2.05) is 61.1 Å². The minimum absolute atomic E-state index is 0.826. The molecule has 4 heteroatoms. The van der Waals surface area contributed by atoms with E-state index in [0.717, 1.165) is 22.8 Å². The van der Waals surface area contributed by atoms with Gasteiger partial charge in [0.15, 0.2) is 0 Å². The van der Waals surface area contributed by atoms with Crippen LogP contribution >= 0.6 is 0 Å². The van der Waals surface area contributed by atoms with Gasteiger partial charge in [0, 0.05) is 35.1 Å². The fourth-order valence-electron chi connectivity index (χ4n) is 5.81. The molecule has 0 amide bonds. The monoisotopic (exact) mass is 498 g/mol. The Hall–Kier alpha value is -5.35. The summed E-state index contributed by atoms with van der Waals surface area (Å²) in [7, 11) is 0. The van der Waals surface area contributed by atoms with Crippen LogP contribution in [-0.4, -0.2) is 15.0 Å². The second-order valence-corrected chi connectivity index (χ2v) is 9.75. The highest BCUT2D eigenvalue weighted by atomic mass is 15.2. The molecule has 0 saturated heterocycles. The zero-order valence-electron chi connectivity index (χ0n) is 21.0. The van der Waals surface area contributed by atoms with Crippen molar-refractivity contribution in [3.63, 3.8) is 0 Å². The maximum atomic E-state index is 4.73. The quantitative estimate of drug-likeness (QED) is 0.179. The van der Waals surface area contributed by atoms with Crippen LogP contribution in [0.25, 0.3) is 54.3 Å². The van der Waals surface area contributed by atoms with E-state index in [2.05, 4.69) is 87.7 Å². The summed E-state index contributed by atoms with van der Waals surface area (Å²) < 4.78 is 0. The van der Waals surface area contributed by atoms with Crippen LogP contribution in [0.5, 0.6) is 0 Å². The minimum Gasteiger partial charge on any atom is -0.279 e. The molecule has 3 heterocycles. The van der Waals surface area contributed by atoms with Gasteiger partial charge in [-0.1, -0.05) is 66.7 Å². The third-order valence-corrected chi connectivity index (χ3v) is 7.54. The smallest absolute Gasteiger partial charge is 0.138 e. The van der Waals surface area contributed by atoms with Crippen LogP contribution in [0.3, 0.4) is 0 Å². The van der Waals surface area contributed by atoms with Crippen molar-refractivity contribution in [3.05, 3.63) is 134 Å². The third kappa shape index (κ3) is 3.42. The molecule has 8 rings (SSSR count). The lowest BCUT2D eigenvalue weighted by atomic mass is 9.89. The number of aromatic nitrogens is 3. The van der Waals surface area contributed by atoms with Crippen molar-refractivity contribution in [1.29, 1.82) is 0 Å². The summed E-state index contributed by atoms with van der Waals surface area (Å²) in [5, 5.41) is 8.70. The summed E-state index contributed by atoms with van der Waals surface area (Å²) in [5.41, 5.74) is 4.44. The molecule has 0 unspecified atom stereocenters. The summed E-state index contributed by atoms with van der Waals surface area (Å²) in [4.78, 5) is 16.0. The highest BCUT2D eigenvalue weighted by Crippen LogP contribution is 2.42. The molecule has 0 saturated carbocycles. The van der Waals surface area contributed by atoms with Crippen LogP contribution in [0.1, 0.15) is 0 Å². The van der Waals surface area contributed by atoms with Gasteiger partial charge in [-0.2, -0.15) is 0 Å². The van der Waals surface area contributed by atoms with E-state index >= 15 is 0 Å². The van der Waals surface area contributed by atoms with Gasteiger partial charge >= 0.3 is 0 Å². The number of hydrogen-bond acceptors (Lipinski definition) is 4. The molecule has 39 heavy (non-hydrogen) atoms. The van der Waals surface area contributed by atoms with Crippen LogP contribution in [0, 0.1) is 0 Å². The van der Waals surface area contributed by atoms with Crippen LogP contribution < -0.4 is 4.90 Å². The Morgan fingerprint density at radius 2 is 1.13 bits per heavy atom. The SMILES string of the molecule is c1ccc(N(c2ccc(-c3ccc4ccc5cc6cccnc6c6ccc3c4c56)cc2)c2ccccn2)nc1. The number of nitrogens with zero attached hydrogens (tertiary/aromatic N) is 4. The summed E-state index contributed by atoms with van der Waals surface area (Å²) in [6, 6.07) is 40.4. The van der Waals surface area contributed by atoms with E-state index in [0.29, 0.717) is 0 Å². The van der Waals surface area contributed by atoms with Crippen molar-refractivity contribution in [1.82, 2.24) is 15.0 Å². The molecule has 4 nitrogen and oxygen atoms in total. The van der Waals surface area contributed by atoms with Crippen LogP contribution in [0.4, 0.5) is 17.3 Å². The Morgan fingerprint density at radius 1 is 0.462 bits per heavy atom. The van der Waals surface area contributed by atoms with Gasteiger partial charge in [0.2, 0.25) is 0 Å². The number of rotatable bonds is 4. The van der Waals surface area contributed by atoms with E-state index in [-0.39, 0.29) is 0 Å². The Labute approximate surface area is 225 Å². The Morgan fingerprint density at radius 3 is 1.87 bits per heavy atom. The topological polar surface area (TPSA) is 41.9 Å². The molecular weight excluding hydrogens is 476 g/mol. The van der Waals surface area contributed by atoms with Gasteiger partial charge < -0.3 is 0 Å². The average Bonchev–Trinajstić information content (AvgIpc) is 3.01. The van der Waals surface area contributed by atoms with Crippen LogP contribution in [0.15, 0.2) is 134 Å². The minimum atomic E-state index is 0.826. The lowest BCUT2D eigenvalue weighted by Gasteiger charge is -2.23. The second-order valence-electron chi connectivity index (χ2n) is 9.75. The molecular formula is C35H22N4. The first kappa shape index (κ1) is 21.7. The normalized spacial score (nSPS) is 11.6. The third-order valence-electron chi connectivity index (χ3n) is 7.54. The van der Waals surface area contributed by atoms with Gasteiger partial charge in [-0.15, -0.1) is 0 Å². The molecule has 0 N–H and O–H groups in total. The molecule has 0 radical (unpaired) electrons. The molecule has 0 aliphatic rings. The van der Waals surface area contributed by atoms with Gasteiger partial charge in [-0.3, -0.25) is 9.88 Å². The van der Waals surface area contributed by atoms with Crippen molar-refractivity contribution < 1.29 is 0 Å². The van der Waals surface area contributed by atoms with Crippen molar-refractivity contribution >= 4 is 60.5 Å². The van der Waals surface area contributed by atoms with Crippen LogP contribution in [0.2, 0.25) is 0 Å². The van der Waals surface area contributed by atoms with E-state index in [1.165, 1.54) is 48.8 Å². The van der Waals surface area contributed by atoms with Gasteiger partial charge in [0.25, 0.3) is 0 Å². The highest BCUT2D eigenvalue weighted by molar-refractivity contribution is 6.29. The summed E-state index contributed by atoms with van der Waals surface area (Å²) in [6.07, 6.45) is 5.50.